The number of hydrogen-bond acceptors (Lipinski definition) is 1. The van der Waals surface area contributed by atoms with Gasteiger partial charge in [0.25, 0.3) is 0 Å². The highest BCUT2D eigenvalue weighted by Gasteiger charge is 2.13. The Labute approximate surface area is 97.1 Å². The van der Waals surface area contributed by atoms with Crippen molar-refractivity contribution in [2.45, 2.75) is 38.6 Å². The van der Waals surface area contributed by atoms with Crippen molar-refractivity contribution in [3.05, 3.63) is 35.6 Å². The molecule has 0 heterocycles. The smallest absolute Gasteiger partial charge is 0.123 e. The van der Waals surface area contributed by atoms with Crippen molar-refractivity contribution >= 4 is 0 Å². The minimum atomic E-state index is -0.158. The average molecular weight is 221 g/mol. The molecule has 0 aromatic heterocycles. The zero-order chi connectivity index (χ0) is 11.2. The van der Waals surface area contributed by atoms with Crippen molar-refractivity contribution in [1.82, 2.24) is 5.32 Å². The largest absolute Gasteiger partial charge is 0.313 e. The molecule has 2 rings (SSSR count). The highest BCUT2D eigenvalue weighted by molar-refractivity contribution is 5.15. The van der Waals surface area contributed by atoms with Crippen LogP contribution in [0, 0.1) is 11.7 Å². The van der Waals surface area contributed by atoms with Gasteiger partial charge in [0.1, 0.15) is 5.82 Å². The van der Waals surface area contributed by atoms with Gasteiger partial charge in [0.15, 0.2) is 0 Å². The molecule has 1 aliphatic carbocycles. The standard InChI is InChI=1S/C14H20FN/c15-14-7-5-13(6-8-14)11-16-10-9-12-3-1-2-4-12/h5-8,12,16H,1-4,9-11H2. The minimum Gasteiger partial charge on any atom is -0.313 e. The predicted octanol–water partition coefficient (Wildman–Crippen LogP) is 3.50. The highest BCUT2D eigenvalue weighted by atomic mass is 19.1. The molecule has 2 heteroatoms. The topological polar surface area (TPSA) is 12.0 Å². The van der Waals surface area contributed by atoms with Crippen molar-refractivity contribution < 1.29 is 4.39 Å². The molecule has 1 nitrogen and oxygen atoms in total. The van der Waals surface area contributed by atoms with Crippen molar-refractivity contribution in [3.8, 4) is 0 Å². The van der Waals surface area contributed by atoms with Crippen LogP contribution in [0.2, 0.25) is 0 Å². The van der Waals surface area contributed by atoms with E-state index in [1.165, 1.54) is 44.2 Å². The van der Waals surface area contributed by atoms with E-state index in [-0.39, 0.29) is 5.82 Å². The van der Waals surface area contributed by atoms with Gasteiger partial charge in [-0.15, -0.1) is 0 Å². The minimum absolute atomic E-state index is 0.158. The van der Waals surface area contributed by atoms with Gasteiger partial charge < -0.3 is 5.32 Å². The van der Waals surface area contributed by atoms with Gasteiger partial charge in [0.05, 0.1) is 0 Å². The maximum atomic E-state index is 12.7. The summed E-state index contributed by atoms with van der Waals surface area (Å²) in [4.78, 5) is 0. The molecule has 88 valence electrons. The Balaban J connectivity index is 1.62. The molecular weight excluding hydrogens is 201 g/mol. The summed E-state index contributed by atoms with van der Waals surface area (Å²) in [7, 11) is 0. The van der Waals surface area contributed by atoms with E-state index >= 15 is 0 Å². The quantitative estimate of drug-likeness (QED) is 0.750. The van der Waals surface area contributed by atoms with Gasteiger partial charge in [0.2, 0.25) is 0 Å². The molecular formula is C14H20FN. The molecule has 0 amide bonds. The molecule has 0 bridgehead atoms. The van der Waals surface area contributed by atoms with Crippen molar-refractivity contribution in [3.63, 3.8) is 0 Å². The predicted molar refractivity (Wildman–Crippen MR) is 64.7 cm³/mol. The molecule has 0 spiro atoms. The van der Waals surface area contributed by atoms with Crippen LogP contribution in [0.1, 0.15) is 37.7 Å². The first kappa shape index (κ1) is 11.6. The first-order chi connectivity index (χ1) is 7.84. The fourth-order valence-electron chi connectivity index (χ4n) is 2.44. The van der Waals surface area contributed by atoms with Crippen LogP contribution in [0.25, 0.3) is 0 Å². The zero-order valence-electron chi connectivity index (χ0n) is 9.71. The Bertz CT molecular complexity index is 301. The van der Waals surface area contributed by atoms with E-state index in [9.17, 15) is 4.39 Å². The molecule has 0 unspecified atom stereocenters. The number of halogens is 1. The van der Waals surface area contributed by atoms with E-state index in [0.29, 0.717) is 0 Å². The van der Waals surface area contributed by atoms with Crippen LogP contribution in [-0.2, 0) is 6.54 Å². The molecule has 16 heavy (non-hydrogen) atoms. The van der Waals surface area contributed by atoms with E-state index in [1.807, 2.05) is 12.1 Å². The molecule has 0 aliphatic heterocycles. The zero-order valence-corrected chi connectivity index (χ0v) is 9.71. The number of rotatable bonds is 5. The molecule has 1 aliphatic rings. The van der Waals surface area contributed by atoms with E-state index in [0.717, 1.165) is 24.6 Å². The van der Waals surface area contributed by atoms with Crippen LogP contribution >= 0.6 is 0 Å². The van der Waals surface area contributed by atoms with Gasteiger partial charge in [-0.05, 0) is 36.6 Å². The number of benzene rings is 1. The Morgan fingerprint density at radius 1 is 1.12 bits per heavy atom. The van der Waals surface area contributed by atoms with Crippen LogP contribution in [0.4, 0.5) is 4.39 Å². The van der Waals surface area contributed by atoms with E-state index in [1.54, 1.807) is 0 Å². The molecule has 0 atom stereocenters. The third-order valence-electron chi connectivity index (χ3n) is 3.45. The summed E-state index contributed by atoms with van der Waals surface area (Å²) in [5.41, 5.74) is 1.16. The Hall–Kier alpha value is -0.890. The maximum Gasteiger partial charge on any atom is 0.123 e. The fourth-order valence-corrected chi connectivity index (χ4v) is 2.44. The fraction of sp³-hybridized carbons (Fsp3) is 0.571. The first-order valence-electron chi connectivity index (χ1n) is 6.30. The van der Waals surface area contributed by atoms with Gasteiger partial charge >= 0.3 is 0 Å². The first-order valence-corrected chi connectivity index (χ1v) is 6.30. The summed E-state index contributed by atoms with van der Waals surface area (Å²) in [5, 5.41) is 3.43. The molecule has 1 N–H and O–H groups in total. The Morgan fingerprint density at radius 3 is 2.50 bits per heavy atom. The van der Waals surface area contributed by atoms with Crippen molar-refractivity contribution in [2.75, 3.05) is 6.54 Å². The molecule has 1 aromatic carbocycles. The van der Waals surface area contributed by atoms with E-state index < -0.39 is 0 Å². The maximum absolute atomic E-state index is 12.7. The molecule has 0 radical (unpaired) electrons. The third-order valence-corrected chi connectivity index (χ3v) is 3.45. The summed E-state index contributed by atoms with van der Waals surface area (Å²) in [6.45, 7) is 1.94. The third kappa shape index (κ3) is 3.60. The van der Waals surface area contributed by atoms with Gasteiger partial charge in [-0.2, -0.15) is 0 Å². The lowest BCUT2D eigenvalue weighted by molar-refractivity contribution is 0.477. The lowest BCUT2D eigenvalue weighted by Crippen LogP contribution is -2.16. The Morgan fingerprint density at radius 2 is 1.81 bits per heavy atom. The summed E-state index contributed by atoms with van der Waals surface area (Å²) in [5.74, 6) is 0.787. The number of hydrogen-bond donors (Lipinski definition) is 1. The molecule has 1 saturated carbocycles. The highest BCUT2D eigenvalue weighted by Crippen LogP contribution is 2.26. The van der Waals surface area contributed by atoms with Crippen LogP contribution in [0.15, 0.2) is 24.3 Å². The van der Waals surface area contributed by atoms with Gasteiger partial charge in [-0.1, -0.05) is 37.8 Å². The second-order valence-corrected chi connectivity index (χ2v) is 4.74. The van der Waals surface area contributed by atoms with Gasteiger partial charge in [0, 0.05) is 6.54 Å². The summed E-state index contributed by atoms with van der Waals surface area (Å²) in [6, 6.07) is 6.73. The SMILES string of the molecule is Fc1ccc(CNCCC2CCCC2)cc1. The normalized spacial score (nSPS) is 16.8. The average Bonchev–Trinajstić information content (AvgIpc) is 2.80. The Kier molecular flexibility index (Phi) is 4.34. The summed E-state index contributed by atoms with van der Waals surface area (Å²) >= 11 is 0. The molecule has 1 fully saturated rings. The lowest BCUT2D eigenvalue weighted by atomic mass is 10.0. The molecule has 0 saturated heterocycles. The molecule has 1 aromatic rings. The lowest BCUT2D eigenvalue weighted by Gasteiger charge is -2.09. The van der Waals surface area contributed by atoms with Crippen LogP contribution in [-0.4, -0.2) is 6.54 Å². The van der Waals surface area contributed by atoms with Crippen LogP contribution in [0.3, 0.4) is 0 Å². The summed E-state index contributed by atoms with van der Waals surface area (Å²) in [6.07, 6.45) is 6.96. The van der Waals surface area contributed by atoms with Crippen molar-refractivity contribution in [1.29, 1.82) is 0 Å². The van der Waals surface area contributed by atoms with Gasteiger partial charge in [-0.3, -0.25) is 0 Å². The summed E-state index contributed by atoms with van der Waals surface area (Å²) < 4.78 is 12.7. The van der Waals surface area contributed by atoms with E-state index in [2.05, 4.69) is 5.32 Å². The van der Waals surface area contributed by atoms with Gasteiger partial charge in [-0.25, -0.2) is 4.39 Å². The monoisotopic (exact) mass is 221 g/mol. The van der Waals surface area contributed by atoms with Crippen LogP contribution in [0.5, 0.6) is 0 Å². The van der Waals surface area contributed by atoms with Crippen molar-refractivity contribution in [2.24, 2.45) is 5.92 Å². The van der Waals surface area contributed by atoms with Crippen LogP contribution < -0.4 is 5.32 Å². The second-order valence-electron chi connectivity index (χ2n) is 4.74. The second kappa shape index (κ2) is 6.00. The van der Waals surface area contributed by atoms with E-state index in [4.69, 9.17) is 0 Å². The number of nitrogens with one attached hydrogen (secondary N) is 1.